The standard InChI is InChI=1S/C52H32F6N4/c1-59-40-18-7-3-14-32(40)36-22-24-38-34-16-5-9-20-42(34)61(49(38)47(36)59)44-27-30(29-12-11-13-31(26-29)51(53,54)55)28-45(46(44)52(56,57)58)62-43-21-10-6-17-35(43)39-25-23-37-33-15-4-8-19-41(33)60(2)48(37)50(39)62/h3-28H,1-2H3. The zero-order chi connectivity index (χ0) is 42.4. The number of rotatable bonds is 3. The first-order valence-electron chi connectivity index (χ1n) is 20.1. The molecule has 0 saturated heterocycles. The van der Waals surface area contributed by atoms with Crippen LogP contribution in [0.1, 0.15) is 11.1 Å². The molecule has 4 heterocycles. The van der Waals surface area contributed by atoms with Gasteiger partial charge in [-0.05, 0) is 59.7 Å². The van der Waals surface area contributed by atoms with Crippen molar-refractivity contribution in [2.75, 3.05) is 0 Å². The predicted octanol–water partition coefficient (Wildman–Crippen LogP) is 14.9. The Morgan fingerprint density at radius 2 is 0.726 bits per heavy atom. The van der Waals surface area contributed by atoms with Crippen molar-refractivity contribution in [3.05, 3.63) is 169 Å². The number of hydrogen-bond acceptors (Lipinski definition) is 0. The smallest absolute Gasteiger partial charge is 0.342 e. The molecule has 0 saturated carbocycles. The number of aryl methyl sites for hydroxylation is 2. The van der Waals surface area contributed by atoms with Gasteiger partial charge in [0.2, 0.25) is 0 Å². The average Bonchev–Trinajstić information content (AvgIpc) is 3.97. The van der Waals surface area contributed by atoms with Crippen LogP contribution < -0.4 is 0 Å². The third-order valence-corrected chi connectivity index (χ3v) is 12.8. The molecule has 0 aliphatic carbocycles. The van der Waals surface area contributed by atoms with Crippen molar-refractivity contribution < 1.29 is 26.3 Å². The lowest BCUT2D eigenvalue weighted by molar-refractivity contribution is -0.138. The van der Waals surface area contributed by atoms with Crippen LogP contribution in [-0.4, -0.2) is 18.3 Å². The summed E-state index contributed by atoms with van der Waals surface area (Å²) >= 11 is 0. The van der Waals surface area contributed by atoms with Crippen molar-refractivity contribution >= 4 is 87.2 Å². The van der Waals surface area contributed by atoms with Crippen LogP contribution in [0.2, 0.25) is 0 Å². The van der Waals surface area contributed by atoms with Gasteiger partial charge in [-0.2, -0.15) is 26.3 Å². The molecule has 0 aliphatic rings. The Labute approximate surface area is 348 Å². The lowest BCUT2D eigenvalue weighted by atomic mass is 9.97. The number of hydrogen-bond donors (Lipinski definition) is 0. The maximum atomic E-state index is 16.8. The number of fused-ring (bicyclic) bond motifs is 14. The first-order chi connectivity index (χ1) is 29.9. The fourth-order valence-electron chi connectivity index (χ4n) is 10.2. The van der Waals surface area contributed by atoms with Crippen LogP contribution in [-0.2, 0) is 26.4 Å². The van der Waals surface area contributed by atoms with E-state index in [1.807, 2.05) is 120 Å². The first-order valence-corrected chi connectivity index (χ1v) is 20.1. The molecule has 0 amide bonds. The van der Waals surface area contributed by atoms with E-state index in [1.54, 1.807) is 33.4 Å². The second kappa shape index (κ2) is 12.5. The van der Waals surface area contributed by atoms with Gasteiger partial charge in [0.1, 0.15) is 5.56 Å². The molecule has 12 aromatic rings. The minimum absolute atomic E-state index is 0.127. The molecule has 8 aromatic carbocycles. The van der Waals surface area contributed by atoms with E-state index < -0.39 is 23.5 Å². The number of alkyl halides is 6. The first kappa shape index (κ1) is 36.4. The van der Waals surface area contributed by atoms with Crippen molar-refractivity contribution in [2.45, 2.75) is 12.4 Å². The summed E-state index contributed by atoms with van der Waals surface area (Å²) in [4.78, 5) is 0. The third kappa shape index (κ3) is 4.91. The number of nitrogens with zero attached hydrogens (tertiary/aromatic N) is 4. The Morgan fingerprint density at radius 1 is 0.339 bits per heavy atom. The average molecular weight is 827 g/mol. The summed E-state index contributed by atoms with van der Waals surface area (Å²) in [5.41, 5.74) is 3.51. The van der Waals surface area contributed by atoms with E-state index in [2.05, 4.69) is 0 Å². The quantitative estimate of drug-likeness (QED) is 0.158. The Kier molecular flexibility index (Phi) is 7.36. The van der Waals surface area contributed by atoms with Gasteiger partial charge in [-0.3, -0.25) is 0 Å². The van der Waals surface area contributed by atoms with E-state index >= 15 is 13.2 Å². The van der Waals surface area contributed by atoms with Gasteiger partial charge in [0, 0.05) is 68.2 Å². The highest BCUT2D eigenvalue weighted by Gasteiger charge is 2.40. The Balaban J connectivity index is 1.33. The Hall–Kier alpha value is -7.46. The SMILES string of the molecule is Cn1c2ccccc2c2ccc3c4ccccc4n(-c4cc(-c5cccc(C(F)(F)F)c5)cc(-n5c6ccccc6c6ccc7c8ccccc8n(C)c7c65)c4C(F)(F)F)c3c21. The van der Waals surface area contributed by atoms with Crippen molar-refractivity contribution in [3.8, 4) is 22.5 Å². The van der Waals surface area contributed by atoms with Crippen LogP contribution in [0.3, 0.4) is 0 Å². The van der Waals surface area contributed by atoms with Gasteiger partial charge in [0.25, 0.3) is 0 Å². The van der Waals surface area contributed by atoms with Crippen LogP contribution >= 0.6 is 0 Å². The molecule has 0 fully saturated rings. The number of aromatic nitrogens is 4. The largest absolute Gasteiger partial charge is 0.420 e. The lowest BCUT2D eigenvalue weighted by Gasteiger charge is -2.23. The Morgan fingerprint density at radius 3 is 1.15 bits per heavy atom. The van der Waals surface area contributed by atoms with Crippen LogP contribution in [0.15, 0.2) is 158 Å². The van der Waals surface area contributed by atoms with Gasteiger partial charge < -0.3 is 18.3 Å². The fourth-order valence-corrected chi connectivity index (χ4v) is 10.2. The maximum absolute atomic E-state index is 16.8. The second-order valence-electron chi connectivity index (χ2n) is 16.0. The molecule has 12 rings (SSSR count). The van der Waals surface area contributed by atoms with Gasteiger partial charge in [-0.15, -0.1) is 0 Å². The molecular formula is C52H32F6N4. The maximum Gasteiger partial charge on any atom is 0.420 e. The van der Waals surface area contributed by atoms with Gasteiger partial charge >= 0.3 is 12.4 Å². The van der Waals surface area contributed by atoms with Gasteiger partial charge in [0.05, 0.1) is 50.0 Å². The van der Waals surface area contributed by atoms with Crippen molar-refractivity contribution in [1.82, 2.24) is 18.3 Å². The van der Waals surface area contributed by atoms with Gasteiger partial charge in [-0.25, -0.2) is 0 Å². The fraction of sp³-hybridized carbons (Fsp3) is 0.0769. The van der Waals surface area contributed by atoms with Crippen molar-refractivity contribution in [2.24, 2.45) is 14.1 Å². The molecule has 0 atom stereocenters. The summed E-state index contributed by atoms with van der Waals surface area (Å²) in [6.45, 7) is 0. The Bertz CT molecular complexity index is 3660. The zero-order valence-corrected chi connectivity index (χ0v) is 33.1. The van der Waals surface area contributed by atoms with Crippen LogP contribution in [0.5, 0.6) is 0 Å². The van der Waals surface area contributed by atoms with Crippen LogP contribution in [0.4, 0.5) is 26.3 Å². The van der Waals surface area contributed by atoms with E-state index in [1.165, 1.54) is 24.3 Å². The van der Waals surface area contributed by atoms with Crippen LogP contribution in [0.25, 0.3) is 110 Å². The highest BCUT2D eigenvalue weighted by Crippen LogP contribution is 2.49. The minimum atomic E-state index is -4.97. The molecular weight excluding hydrogens is 795 g/mol. The molecule has 10 heteroatoms. The van der Waals surface area contributed by atoms with Crippen molar-refractivity contribution in [3.63, 3.8) is 0 Å². The van der Waals surface area contributed by atoms with Crippen molar-refractivity contribution in [1.29, 1.82) is 0 Å². The summed E-state index contributed by atoms with van der Waals surface area (Å²) < 4.78 is 101. The summed E-state index contributed by atoms with van der Waals surface area (Å²) in [7, 11) is 3.82. The minimum Gasteiger partial charge on any atom is -0.342 e. The second-order valence-corrected chi connectivity index (χ2v) is 16.0. The highest BCUT2D eigenvalue weighted by molar-refractivity contribution is 6.25. The molecule has 4 aromatic heterocycles. The molecule has 0 spiro atoms. The summed E-state index contributed by atoms with van der Waals surface area (Å²) in [6, 6.07) is 46.0. The molecule has 0 bridgehead atoms. The molecule has 0 aliphatic heterocycles. The summed E-state index contributed by atoms with van der Waals surface area (Å²) in [6.07, 6.45) is -9.65. The van der Waals surface area contributed by atoms with E-state index in [-0.39, 0.29) is 22.5 Å². The molecule has 62 heavy (non-hydrogen) atoms. The molecule has 302 valence electrons. The topological polar surface area (TPSA) is 19.7 Å². The molecule has 0 radical (unpaired) electrons. The van der Waals surface area contributed by atoms with E-state index in [4.69, 9.17) is 0 Å². The molecule has 0 unspecified atom stereocenters. The van der Waals surface area contributed by atoms with Crippen LogP contribution in [0, 0.1) is 0 Å². The third-order valence-electron chi connectivity index (χ3n) is 12.8. The molecule has 0 N–H and O–H groups in total. The monoisotopic (exact) mass is 826 g/mol. The van der Waals surface area contributed by atoms with E-state index in [0.717, 1.165) is 77.3 Å². The van der Waals surface area contributed by atoms with Gasteiger partial charge in [0.15, 0.2) is 0 Å². The number of halogens is 6. The summed E-state index contributed by atoms with van der Waals surface area (Å²) in [5.74, 6) is 0. The predicted molar refractivity (Wildman–Crippen MR) is 239 cm³/mol. The number of benzene rings is 8. The molecule has 4 nitrogen and oxygen atoms in total. The van der Waals surface area contributed by atoms with E-state index in [0.29, 0.717) is 22.1 Å². The summed E-state index contributed by atoms with van der Waals surface area (Å²) in [5, 5.41) is 6.58. The zero-order valence-electron chi connectivity index (χ0n) is 33.1. The lowest BCUT2D eigenvalue weighted by Crippen LogP contribution is -2.16. The highest BCUT2D eigenvalue weighted by atomic mass is 19.4. The van der Waals surface area contributed by atoms with E-state index in [9.17, 15) is 13.2 Å². The normalized spacial score (nSPS) is 12.8. The number of para-hydroxylation sites is 4. The van der Waals surface area contributed by atoms with Gasteiger partial charge in [-0.1, -0.05) is 109 Å².